The number of carboxylic acid groups (broad SMARTS) is 1. The number of aromatic nitrogens is 2. The van der Waals surface area contributed by atoms with Crippen molar-refractivity contribution in [1.82, 2.24) is 9.55 Å². The van der Waals surface area contributed by atoms with Crippen LogP contribution >= 0.6 is 0 Å². The van der Waals surface area contributed by atoms with Gasteiger partial charge >= 0.3 is 5.97 Å². The molecule has 0 radical (unpaired) electrons. The van der Waals surface area contributed by atoms with Gasteiger partial charge < -0.3 is 14.4 Å². The van der Waals surface area contributed by atoms with Crippen LogP contribution in [0, 0.1) is 11.3 Å². The summed E-state index contributed by atoms with van der Waals surface area (Å²) >= 11 is 0. The van der Waals surface area contributed by atoms with E-state index in [-0.39, 0.29) is 11.5 Å². The van der Waals surface area contributed by atoms with Crippen LogP contribution in [0.5, 0.6) is 5.88 Å². The van der Waals surface area contributed by atoms with Gasteiger partial charge in [0, 0.05) is 39.3 Å². The van der Waals surface area contributed by atoms with Crippen LogP contribution in [0.2, 0.25) is 0 Å². The average Bonchev–Trinajstić information content (AvgIpc) is 3.04. The molecule has 0 saturated carbocycles. The van der Waals surface area contributed by atoms with Crippen LogP contribution in [-0.2, 0) is 11.3 Å². The third-order valence-electron chi connectivity index (χ3n) is 4.88. The Labute approximate surface area is 160 Å². The van der Waals surface area contributed by atoms with Crippen LogP contribution in [0.15, 0.2) is 48.0 Å². The second kappa shape index (κ2) is 6.71. The quantitative estimate of drug-likeness (QED) is 0.425. The van der Waals surface area contributed by atoms with E-state index >= 15 is 0 Å². The van der Waals surface area contributed by atoms with Crippen molar-refractivity contribution in [3.05, 3.63) is 53.6 Å². The summed E-state index contributed by atoms with van der Waals surface area (Å²) in [7, 11) is 1.47. The summed E-state index contributed by atoms with van der Waals surface area (Å²) in [5.74, 6) is -1.01. The highest BCUT2D eigenvalue weighted by molar-refractivity contribution is 6.20. The zero-order valence-electron chi connectivity index (χ0n) is 15.4. The normalized spacial score (nSPS) is 11.8. The van der Waals surface area contributed by atoms with Gasteiger partial charge in [0.1, 0.15) is 11.6 Å². The van der Waals surface area contributed by atoms with Crippen molar-refractivity contribution in [2.75, 3.05) is 7.11 Å². The van der Waals surface area contributed by atoms with Gasteiger partial charge in [-0.05, 0) is 37.3 Å². The third kappa shape index (κ3) is 2.57. The highest BCUT2D eigenvalue weighted by Crippen LogP contribution is 2.36. The number of benzene rings is 2. The first kappa shape index (κ1) is 17.6. The average molecular weight is 371 g/mol. The van der Waals surface area contributed by atoms with Crippen LogP contribution in [0.25, 0.3) is 38.8 Å². The first-order valence-electron chi connectivity index (χ1n) is 8.82. The smallest absolute Gasteiger partial charge is 0.346 e. The highest BCUT2D eigenvalue weighted by atomic mass is 16.5. The van der Waals surface area contributed by atoms with Crippen molar-refractivity contribution in [2.45, 2.75) is 13.5 Å². The van der Waals surface area contributed by atoms with Crippen molar-refractivity contribution in [3.8, 4) is 11.9 Å². The van der Waals surface area contributed by atoms with Gasteiger partial charge in [0.05, 0.1) is 12.6 Å². The molecule has 0 spiro atoms. The van der Waals surface area contributed by atoms with Crippen molar-refractivity contribution in [3.63, 3.8) is 0 Å². The molecule has 138 valence electrons. The Hall–Kier alpha value is -3.85. The van der Waals surface area contributed by atoms with Crippen LogP contribution in [-0.4, -0.2) is 27.7 Å². The molecule has 2 aromatic heterocycles. The number of hydrogen-bond donors (Lipinski definition) is 1. The molecule has 0 unspecified atom stereocenters. The number of nitrogens with zero attached hydrogens (tertiary/aromatic N) is 3. The summed E-state index contributed by atoms with van der Waals surface area (Å²) in [5, 5.41) is 21.4. The fourth-order valence-electron chi connectivity index (χ4n) is 3.69. The SMILES string of the molecule is CCn1c2ccccc2c2c3cc(C=C(C#N)C(=O)O)c(OC)nc3ccc21. The Kier molecular flexibility index (Phi) is 4.21. The van der Waals surface area contributed by atoms with Gasteiger partial charge in [0.25, 0.3) is 0 Å². The number of fused-ring (bicyclic) bond motifs is 5. The maximum Gasteiger partial charge on any atom is 0.346 e. The Morgan fingerprint density at radius 3 is 2.71 bits per heavy atom. The number of hydrogen-bond acceptors (Lipinski definition) is 4. The molecule has 28 heavy (non-hydrogen) atoms. The van der Waals surface area contributed by atoms with Gasteiger partial charge in [0.15, 0.2) is 0 Å². The predicted molar refractivity (Wildman–Crippen MR) is 108 cm³/mol. The monoisotopic (exact) mass is 371 g/mol. The number of methoxy groups -OCH3 is 1. The van der Waals surface area contributed by atoms with E-state index in [0.717, 1.165) is 39.3 Å². The van der Waals surface area contributed by atoms with Crippen molar-refractivity contribution in [2.24, 2.45) is 0 Å². The predicted octanol–water partition coefficient (Wildman–Crippen LogP) is 4.36. The van der Waals surface area contributed by atoms with Gasteiger partial charge in [-0.1, -0.05) is 18.2 Å². The zero-order chi connectivity index (χ0) is 19.8. The van der Waals surface area contributed by atoms with Crippen molar-refractivity contribution in [1.29, 1.82) is 5.26 Å². The van der Waals surface area contributed by atoms with Crippen molar-refractivity contribution >= 4 is 44.8 Å². The van der Waals surface area contributed by atoms with Crippen LogP contribution < -0.4 is 4.74 Å². The summed E-state index contributed by atoms with van der Waals surface area (Å²) < 4.78 is 7.58. The molecule has 1 N–H and O–H groups in total. The Morgan fingerprint density at radius 2 is 2.04 bits per heavy atom. The van der Waals surface area contributed by atoms with Crippen LogP contribution in [0.1, 0.15) is 12.5 Å². The van der Waals surface area contributed by atoms with Gasteiger partial charge in [-0.3, -0.25) is 0 Å². The number of carbonyl (C=O) groups is 1. The number of aryl methyl sites for hydroxylation is 1. The Balaban J connectivity index is 2.15. The standard InChI is InChI=1S/C22H17N3O3/c1-3-25-18-7-5-4-6-15(18)20-16-11-13(10-14(12-23)22(26)27)21(28-2)24-17(16)8-9-19(20)25/h4-11H,3H2,1-2H3,(H,26,27). The maximum absolute atomic E-state index is 11.3. The van der Waals surface area contributed by atoms with E-state index in [1.807, 2.05) is 30.3 Å². The Morgan fingerprint density at radius 1 is 1.25 bits per heavy atom. The van der Waals surface area contributed by atoms with Crippen LogP contribution in [0.4, 0.5) is 0 Å². The molecule has 0 fully saturated rings. The molecular weight excluding hydrogens is 354 g/mol. The fourth-order valence-corrected chi connectivity index (χ4v) is 3.69. The molecule has 0 aliphatic heterocycles. The topological polar surface area (TPSA) is 88.1 Å². The zero-order valence-corrected chi connectivity index (χ0v) is 15.4. The van der Waals surface area contributed by atoms with E-state index < -0.39 is 5.97 Å². The summed E-state index contributed by atoms with van der Waals surface area (Å²) in [5.41, 5.74) is 3.03. The summed E-state index contributed by atoms with van der Waals surface area (Å²) in [6.07, 6.45) is 1.30. The van der Waals surface area contributed by atoms with Crippen LogP contribution in [0.3, 0.4) is 0 Å². The van der Waals surface area contributed by atoms with E-state index in [9.17, 15) is 9.90 Å². The van der Waals surface area contributed by atoms with E-state index in [2.05, 4.69) is 28.6 Å². The molecule has 2 heterocycles. The minimum absolute atomic E-state index is 0.278. The second-order valence-electron chi connectivity index (χ2n) is 6.35. The second-order valence-corrected chi connectivity index (χ2v) is 6.35. The van der Waals surface area contributed by atoms with E-state index in [1.165, 1.54) is 13.2 Å². The number of para-hydroxylation sites is 1. The lowest BCUT2D eigenvalue weighted by molar-refractivity contribution is -0.132. The molecule has 0 aliphatic rings. The molecule has 0 bridgehead atoms. The molecule has 6 heteroatoms. The number of nitriles is 1. The molecule has 0 amide bonds. The van der Waals surface area contributed by atoms with E-state index in [4.69, 9.17) is 10.00 Å². The molecule has 0 saturated heterocycles. The van der Waals surface area contributed by atoms with Crippen molar-refractivity contribution < 1.29 is 14.6 Å². The molecular formula is C22H17N3O3. The molecule has 6 nitrogen and oxygen atoms in total. The largest absolute Gasteiger partial charge is 0.481 e. The van der Waals surface area contributed by atoms with Gasteiger partial charge in [-0.2, -0.15) is 5.26 Å². The number of aliphatic carboxylic acids is 1. The third-order valence-corrected chi connectivity index (χ3v) is 4.88. The summed E-state index contributed by atoms with van der Waals surface area (Å²) in [6, 6.07) is 15.7. The van der Waals surface area contributed by atoms with Gasteiger partial charge in [-0.25, -0.2) is 9.78 Å². The molecule has 0 aliphatic carbocycles. The van der Waals surface area contributed by atoms with E-state index in [1.54, 1.807) is 6.07 Å². The number of pyridine rings is 1. The molecule has 4 aromatic rings. The van der Waals surface area contributed by atoms with Gasteiger partial charge in [-0.15, -0.1) is 0 Å². The first-order chi connectivity index (χ1) is 13.6. The minimum atomic E-state index is -1.29. The first-order valence-corrected chi connectivity index (χ1v) is 8.82. The van der Waals surface area contributed by atoms with E-state index in [0.29, 0.717) is 5.56 Å². The summed E-state index contributed by atoms with van der Waals surface area (Å²) in [6.45, 7) is 2.92. The summed E-state index contributed by atoms with van der Waals surface area (Å²) in [4.78, 5) is 15.8. The minimum Gasteiger partial charge on any atom is -0.481 e. The molecule has 2 aromatic carbocycles. The lowest BCUT2D eigenvalue weighted by Crippen LogP contribution is -1.99. The molecule has 0 atom stereocenters. The number of ether oxygens (including phenoxy) is 1. The number of carboxylic acids is 1. The Bertz CT molecular complexity index is 1330. The lowest BCUT2D eigenvalue weighted by Gasteiger charge is -2.08. The molecule has 4 rings (SSSR count). The maximum atomic E-state index is 11.3. The highest BCUT2D eigenvalue weighted by Gasteiger charge is 2.16. The fraction of sp³-hybridized carbons (Fsp3) is 0.136. The van der Waals surface area contributed by atoms with Gasteiger partial charge in [0.2, 0.25) is 5.88 Å². The number of rotatable bonds is 4. The lowest BCUT2D eigenvalue weighted by atomic mass is 10.0.